The largest absolute Gasteiger partial charge is 0.459 e. The molecule has 1 spiro atoms. The Kier molecular flexibility index (Phi) is 5.48. The van der Waals surface area contributed by atoms with E-state index in [4.69, 9.17) is 18.9 Å². The van der Waals surface area contributed by atoms with Crippen LogP contribution in [-0.4, -0.2) is 41.6 Å². The van der Waals surface area contributed by atoms with Crippen molar-refractivity contribution in [3.63, 3.8) is 0 Å². The van der Waals surface area contributed by atoms with Crippen molar-refractivity contribution in [2.24, 2.45) is 23.7 Å². The molecule has 3 unspecified atom stereocenters. The van der Waals surface area contributed by atoms with Gasteiger partial charge >= 0.3 is 11.9 Å². The summed E-state index contributed by atoms with van der Waals surface area (Å²) in [6.45, 7) is 9.50. The highest BCUT2D eigenvalue weighted by Gasteiger charge is 2.68. The second-order valence-electron chi connectivity index (χ2n) is 11.7. The Labute approximate surface area is 191 Å². The fourth-order valence-corrected chi connectivity index (χ4v) is 7.27. The van der Waals surface area contributed by atoms with Crippen molar-refractivity contribution in [1.29, 1.82) is 0 Å². The van der Waals surface area contributed by atoms with Gasteiger partial charge in [-0.3, -0.25) is 4.79 Å². The standard InChI is InChI=1S/C26H38O6/c1-16(2)22(27)31-24(3,4)21-15-29-26(30-21)19-10-17-11-20(26)14-25(12-17,13-19)32-23(28)18-8-6-5-7-9-18/h17-21H,1,5-15H2,2-4H3. The van der Waals surface area contributed by atoms with Gasteiger partial charge < -0.3 is 18.9 Å². The van der Waals surface area contributed by atoms with Gasteiger partial charge in [-0.2, -0.15) is 0 Å². The minimum atomic E-state index is -0.806. The molecule has 178 valence electrons. The molecule has 0 radical (unpaired) electrons. The van der Waals surface area contributed by atoms with Crippen LogP contribution < -0.4 is 0 Å². The summed E-state index contributed by atoms with van der Waals surface area (Å²) in [7, 11) is 0. The maximum Gasteiger partial charge on any atom is 0.333 e. The average Bonchev–Trinajstić information content (AvgIpc) is 3.19. The first-order valence-electron chi connectivity index (χ1n) is 12.6. The lowest BCUT2D eigenvalue weighted by molar-refractivity contribution is -0.325. The monoisotopic (exact) mass is 446 g/mol. The van der Waals surface area contributed by atoms with E-state index in [1.807, 2.05) is 13.8 Å². The molecule has 6 rings (SSSR count). The maximum absolute atomic E-state index is 13.0. The molecular formula is C26H38O6. The molecule has 6 aliphatic rings. The van der Waals surface area contributed by atoms with E-state index < -0.39 is 17.4 Å². The summed E-state index contributed by atoms with van der Waals surface area (Å²) in [5.74, 6) is 0.0551. The second kappa shape index (κ2) is 7.83. The quantitative estimate of drug-likeness (QED) is 0.450. The van der Waals surface area contributed by atoms with Gasteiger partial charge in [0.1, 0.15) is 17.3 Å². The first-order chi connectivity index (χ1) is 15.1. The number of hydrogen-bond donors (Lipinski definition) is 0. The Morgan fingerprint density at radius 3 is 2.31 bits per heavy atom. The molecule has 3 atom stereocenters. The number of esters is 2. The number of carbonyl (C=O) groups is 2. The zero-order valence-corrected chi connectivity index (χ0v) is 19.8. The molecule has 6 nitrogen and oxygen atoms in total. The van der Waals surface area contributed by atoms with Gasteiger partial charge in [0.25, 0.3) is 0 Å². The molecule has 0 aromatic heterocycles. The van der Waals surface area contributed by atoms with Crippen LogP contribution in [0.2, 0.25) is 0 Å². The van der Waals surface area contributed by atoms with Crippen molar-refractivity contribution < 1.29 is 28.5 Å². The molecule has 0 N–H and O–H groups in total. The van der Waals surface area contributed by atoms with E-state index in [1.54, 1.807) is 6.92 Å². The lowest BCUT2D eigenvalue weighted by Gasteiger charge is -2.62. The highest BCUT2D eigenvalue weighted by atomic mass is 16.8. The van der Waals surface area contributed by atoms with Gasteiger partial charge in [-0.15, -0.1) is 0 Å². The minimum absolute atomic E-state index is 0.0275. The molecule has 6 fully saturated rings. The van der Waals surface area contributed by atoms with Gasteiger partial charge in [-0.05, 0) is 71.6 Å². The van der Waals surface area contributed by atoms with Crippen molar-refractivity contribution in [3.8, 4) is 0 Å². The summed E-state index contributed by atoms with van der Waals surface area (Å²) < 4.78 is 25.1. The third-order valence-corrected chi connectivity index (χ3v) is 8.79. The van der Waals surface area contributed by atoms with E-state index in [2.05, 4.69) is 6.58 Å². The van der Waals surface area contributed by atoms with Gasteiger partial charge in [0.2, 0.25) is 0 Å². The summed E-state index contributed by atoms with van der Waals surface area (Å²) in [4.78, 5) is 25.1. The third-order valence-electron chi connectivity index (χ3n) is 8.79. The smallest absolute Gasteiger partial charge is 0.333 e. The lowest BCUT2D eigenvalue weighted by Crippen LogP contribution is -2.65. The van der Waals surface area contributed by atoms with Gasteiger partial charge in [0.05, 0.1) is 12.5 Å². The Morgan fingerprint density at radius 1 is 1.03 bits per heavy atom. The summed E-state index contributed by atoms with van der Waals surface area (Å²) in [5.41, 5.74) is -0.773. The molecule has 4 bridgehead atoms. The second-order valence-corrected chi connectivity index (χ2v) is 11.7. The molecule has 5 aliphatic carbocycles. The summed E-state index contributed by atoms with van der Waals surface area (Å²) in [6.07, 6.45) is 9.85. The summed E-state index contributed by atoms with van der Waals surface area (Å²) >= 11 is 0. The van der Waals surface area contributed by atoms with Crippen LogP contribution in [0.4, 0.5) is 0 Å². The number of ether oxygens (including phenoxy) is 4. The van der Waals surface area contributed by atoms with Gasteiger partial charge in [0.15, 0.2) is 5.79 Å². The fourth-order valence-electron chi connectivity index (χ4n) is 7.27. The minimum Gasteiger partial charge on any atom is -0.459 e. The Morgan fingerprint density at radius 2 is 1.69 bits per heavy atom. The van der Waals surface area contributed by atoms with E-state index in [0.29, 0.717) is 18.1 Å². The molecule has 6 heteroatoms. The zero-order chi connectivity index (χ0) is 22.7. The first-order valence-corrected chi connectivity index (χ1v) is 12.6. The lowest BCUT2D eigenvalue weighted by atomic mass is 9.51. The van der Waals surface area contributed by atoms with E-state index in [1.165, 1.54) is 6.42 Å². The third kappa shape index (κ3) is 3.71. The van der Waals surface area contributed by atoms with E-state index in [-0.39, 0.29) is 35.4 Å². The van der Waals surface area contributed by atoms with Crippen LogP contribution in [0.3, 0.4) is 0 Å². The Balaban J connectivity index is 1.29. The molecule has 1 heterocycles. The molecule has 32 heavy (non-hydrogen) atoms. The van der Waals surface area contributed by atoms with Crippen LogP contribution in [0, 0.1) is 23.7 Å². The zero-order valence-electron chi connectivity index (χ0n) is 19.8. The molecule has 5 saturated carbocycles. The predicted molar refractivity (Wildman–Crippen MR) is 117 cm³/mol. The maximum atomic E-state index is 13.0. The van der Waals surface area contributed by atoms with Crippen LogP contribution in [0.1, 0.15) is 85.0 Å². The molecule has 0 amide bonds. The molecule has 1 aliphatic heterocycles. The molecular weight excluding hydrogens is 408 g/mol. The highest BCUT2D eigenvalue weighted by molar-refractivity contribution is 5.87. The SMILES string of the molecule is C=C(C)C(=O)OC(C)(C)C1COC2(O1)C1CC3CC2CC(OC(=O)C2CCCCC2)(C3)C1. The van der Waals surface area contributed by atoms with Crippen LogP contribution >= 0.6 is 0 Å². The molecule has 0 aromatic carbocycles. The summed E-state index contributed by atoms with van der Waals surface area (Å²) in [6, 6.07) is 0. The summed E-state index contributed by atoms with van der Waals surface area (Å²) in [5, 5.41) is 0. The topological polar surface area (TPSA) is 71.1 Å². The number of hydrogen-bond acceptors (Lipinski definition) is 6. The van der Waals surface area contributed by atoms with E-state index in [0.717, 1.165) is 57.8 Å². The average molecular weight is 447 g/mol. The predicted octanol–water partition coefficient (Wildman–Crippen LogP) is 4.70. The molecule has 0 aromatic rings. The van der Waals surface area contributed by atoms with E-state index >= 15 is 0 Å². The van der Waals surface area contributed by atoms with Crippen LogP contribution in [0.5, 0.6) is 0 Å². The fraction of sp³-hybridized carbons (Fsp3) is 0.846. The number of rotatable bonds is 5. The first kappa shape index (κ1) is 22.4. The van der Waals surface area contributed by atoms with Crippen molar-refractivity contribution in [2.45, 2.75) is 108 Å². The van der Waals surface area contributed by atoms with Gasteiger partial charge in [-0.1, -0.05) is 25.8 Å². The van der Waals surface area contributed by atoms with Crippen LogP contribution in [-0.2, 0) is 28.5 Å². The molecule has 1 saturated heterocycles. The van der Waals surface area contributed by atoms with Crippen LogP contribution in [0.15, 0.2) is 12.2 Å². The van der Waals surface area contributed by atoms with Crippen LogP contribution in [0.25, 0.3) is 0 Å². The Bertz CT molecular complexity index is 778. The van der Waals surface area contributed by atoms with E-state index in [9.17, 15) is 9.59 Å². The van der Waals surface area contributed by atoms with Crippen molar-refractivity contribution in [1.82, 2.24) is 0 Å². The highest BCUT2D eigenvalue weighted by Crippen LogP contribution is 2.64. The van der Waals surface area contributed by atoms with Gasteiger partial charge in [-0.25, -0.2) is 4.79 Å². The van der Waals surface area contributed by atoms with Crippen molar-refractivity contribution >= 4 is 11.9 Å². The van der Waals surface area contributed by atoms with Gasteiger partial charge in [0, 0.05) is 17.4 Å². The number of carbonyl (C=O) groups excluding carboxylic acids is 2. The Hall–Kier alpha value is -1.40. The normalized spacial score (nSPS) is 41.1. The van der Waals surface area contributed by atoms with Crippen molar-refractivity contribution in [3.05, 3.63) is 12.2 Å². The van der Waals surface area contributed by atoms with Crippen molar-refractivity contribution in [2.75, 3.05) is 6.61 Å².